The maximum Gasteiger partial charge on any atom is 0.416 e. The second-order valence-electron chi connectivity index (χ2n) is 5.89. The van der Waals surface area contributed by atoms with Gasteiger partial charge < -0.3 is 10.6 Å². The van der Waals surface area contributed by atoms with Gasteiger partial charge in [-0.05, 0) is 37.0 Å². The van der Waals surface area contributed by atoms with E-state index < -0.39 is 29.6 Å². The quantitative estimate of drug-likeness (QED) is 0.922. The lowest BCUT2D eigenvalue weighted by atomic mass is 9.98. The first-order chi connectivity index (χ1) is 10.7. The number of amides is 2. The van der Waals surface area contributed by atoms with Crippen molar-refractivity contribution in [2.75, 3.05) is 6.54 Å². The fourth-order valence-electron chi connectivity index (χ4n) is 2.88. The number of primary amides is 1. The topological polar surface area (TPSA) is 63.4 Å². The van der Waals surface area contributed by atoms with Gasteiger partial charge in [-0.1, -0.05) is 19.1 Å². The molecule has 1 aromatic carbocycles. The Morgan fingerprint density at radius 1 is 1.30 bits per heavy atom. The van der Waals surface area contributed by atoms with Gasteiger partial charge in [0.15, 0.2) is 0 Å². The van der Waals surface area contributed by atoms with E-state index in [9.17, 15) is 22.8 Å². The molecule has 2 N–H and O–H groups in total. The van der Waals surface area contributed by atoms with Crippen LogP contribution in [0.25, 0.3) is 0 Å². The SMILES string of the molecule is CC(Cc1ccc(C(F)(F)F)cc1)C(=O)N1CCCC1C(N)=O. The summed E-state index contributed by atoms with van der Waals surface area (Å²) in [6.45, 7) is 2.19. The largest absolute Gasteiger partial charge is 0.416 e. The van der Waals surface area contributed by atoms with Crippen LogP contribution in [-0.2, 0) is 22.2 Å². The molecule has 0 aromatic heterocycles. The van der Waals surface area contributed by atoms with Crippen LogP contribution >= 0.6 is 0 Å². The molecule has 4 nitrogen and oxygen atoms in total. The zero-order chi connectivity index (χ0) is 17.2. The lowest BCUT2D eigenvalue weighted by Gasteiger charge is -2.25. The van der Waals surface area contributed by atoms with Crippen LogP contribution in [0.3, 0.4) is 0 Å². The van der Waals surface area contributed by atoms with Crippen LogP contribution in [0.1, 0.15) is 30.9 Å². The summed E-state index contributed by atoms with van der Waals surface area (Å²) in [7, 11) is 0. The fourth-order valence-corrected chi connectivity index (χ4v) is 2.88. The molecule has 23 heavy (non-hydrogen) atoms. The van der Waals surface area contributed by atoms with E-state index in [0.29, 0.717) is 24.9 Å². The molecule has 1 aromatic rings. The van der Waals surface area contributed by atoms with Crippen LogP contribution in [0.2, 0.25) is 0 Å². The Labute approximate surface area is 132 Å². The maximum absolute atomic E-state index is 12.5. The molecule has 0 radical (unpaired) electrons. The molecule has 2 amide bonds. The molecule has 7 heteroatoms. The van der Waals surface area contributed by atoms with Crippen molar-refractivity contribution in [3.05, 3.63) is 35.4 Å². The molecule has 0 aliphatic carbocycles. The van der Waals surface area contributed by atoms with Gasteiger partial charge in [0.25, 0.3) is 0 Å². The molecule has 0 bridgehead atoms. The van der Waals surface area contributed by atoms with Crippen LogP contribution in [0.4, 0.5) is 13.2 Å². The third kappa shape index (κ3) is 4.03. The van der Waals surface area contributed by atoms with Crippen LogP contribution in [0.15, 0.2) is 24.3 Å². The highest BCUT2D eigenvalue weighted by Gasteiger charge is 2.35. The molecular weight excluding hydrogens is 309 g/mol. The second kappa shape index (κ2) is 6.60. The average Bonchev–Trinajstić information content (AvgIpc) is 2.95. The summed E-state index contributed by atoms with van der Waals surface area (Å²) in [5, 5.41) is 0. The minimum atomic E-state index is -4.37. The lowest BCUT2D eigenvalue weighted by molar-refractivity contribution is -0.140. The van der Waals surface area contributed by atoms with Gasteiger partial charge in [0.05, 0.1) is 5.56 Å². The van der Waals surface area contributed by atoms with E-state index in [1.54, 1.807) is 6.92 Å². The van der Waals surface area contributed by atoms with E-state index in [1.807, 2.05) is 0 Å². The van der Waals surface area contributed by atoms with Gasteiger partial charge in [-0.2, -0.15) is 13.2 Å². The van der Waals surface area contributed by atoms with Crippen LogP contribution in [-0.4, -0.2) is 29.3 Å². The highest BCUT2D eigenvalue weighted by molar-refractivity contribution is 5.88. The zero-order valence-corrected chi connectivity index (χ0v) is 12.8. The number of carbonyl (C=O) groups excluding carboxylic acids is 2. The first kappa shape index (κ1) is 17.3. The summed E-state index contributed by atoms with van der Waals surface area (Å²) in [5.74, 6) is -1.13. The van der Waals surface area contributed by atoms with Crippen LogP contribution in [0, 0.1) is 5.92 Å². The summed E-state index contributed by atoms with van der Waals surface area (Å²) in [6, 6.07) is 4.20. The third-order valence-electron chi connectivity index (χ3n) is 4.11. The van der Waals surface area contributed by atoms with E-state index >= 15 is 0 Å². The Bertz CT molecular complexity index is 584. The van der Waals surface area contributed by atoms with Crippen molar-refractivity contribution in [1.82, 2.24) is 4.90 Å². The summed E-state index contributed by atoms with van der Waals surface area (Å²) < 4.78 is 37.6. The van der Waals surface area contributed by atoms with E-state index in [-0.39, 0.29) is 5.91 Å². The first-order valence-electron chi connectivity index (χ1n) is 7.46. The fraction of sp³-hybridized carbons (Fsp3) is 0.500. The monoisotopic (exact) mass is 328 g/mol. The second-order valence-corrected chi connectivity index (χ2v) is 5.89. The molecule has 1 aliphatic rings. The van der Waals surface area contributed by atoms with E-state index in [1.165, 1.54) is 17.0 Å². The van der Waals surface area contributed by atoms with Gasteiger partial charge in [0, 0.05) is 12.5 Å². The van der Waals surface area contributed by atoms with Gasteiger partial charge in [0.2, 0.25) is 11.8 Å². The number of nitrogens with zero attached hydrogens (tertiary/aromatic N) is 1. The summed E-state index contributed by atoms with van der Waals surface area (Å²) in [4.78, 5) is 25.3. The molecule has 1 saturated heterocycles. The highest BCUT2D eigenvalue weighted by Crippen LogP contribution is 2.29. The van der Waals surface area contributed by atoms with Crippen LogP contribution in [0.5, 0.6) is 0 Å². The number of alkyl halides is 3. The molecule has 0 spiro atoms. The standard InChI is InChI=1S/C16H19F3N2O2/c1-10(15(23)21-8-2-3-13(21)14(20)22)9-11-4-6-12(7-5-11)16(17,18)19/h4-7,10,13H,2-3,8-9H2,1H3,(H2,20,22). The normalized spacial score (nSPS) is 19.7. The number of nitrogens with two attached hydrogens (primary N) is 1. The molecule has 2 rings (SSSR count). The van der Waals surface area contributed by atoms with E-state index in [2.05, 4.69) is 0 Å². The van der Waals surface area contributed by atoms with Crippen molar-refractivity contribution in [3.8, 4) is 0 Å². The molecule has 1 fully saturated rings. The number of carbonyl (C=O) groups is 2. The van der Waals surface area contributed by atoms with Crippen molar-refractivity contribution in [3.63, 3.8) is 0 Å². The Hall–Kier alpha value is -2.05. The van der Waals surface area contributed by atoms with Gasteiger partial charge in [-0.25, -0.2) is 0 Å². The molecule has 0 saturated carbocycles. The minimum Gasteiger partial charge on any atom is -0.368 e. The smallest absolute Gasteiger partial charge is 0.368 e. The number of likely N-dealkylation sites (tertiary alicyclic amines) is 1. The lowest BCUT2D eigenvalue weighted by Crippen LogP contribution is -2.46. The molecule has 126 valence electrons. The first-order valence-corrected chi connectivity index (χ1v) is 7.46. The van der Waals surface area contributed by atoms with Gasteiger partial charge in [-0.15, -0.1) is 0 Å². The van der Waals surface area contributed by atoms with E-state index in [4.69, 9.17) is 5.73 Å². The molecule has 1 aliphatic heterocycles. The van der Waals surface area contributed by atoms with Crippen molar-refractivity contribution in [1.29, 1.82) is 0 Å². The number of hydrogen-bond donors (Lipinski definition) is 1. The zero-order valence-electron chi connectivity index (χ0n) is 12.8. The molecule has 2 atom stereocenters. The Morgan fingerprint density at radius 2 is 1.91 bits per heavy atom. The highest BCUT2D eigenvalue weighted by atomic mass is 19.4. The maximum atomic E-state index is 12.5. The van der Waals surface area contributed by atoms with E-state index in [0.717, 1.165) is 18.6 Å². The van der Waals surface area contributed by atoms with Gasteiger partial charge in [0.1, 0.15) is 6.04 Å². The average molecular weight is 328 g/mol. The number of benzene rings is 1. The van der Waals surface area contributed by atoms with Crippen LogP contribution < -0.4 is 5.73 Å². The Kier molecular flexibility index (Phi) is 4.97. The van der Waals surface area contributed by atoms with Crippen molar-refractivity contribution in [2.45, 2.75) is 38.4 Å². The summed E-state index contributed by atoms with van der Waals surface area (Å²) in [6.07, 6.45) is -2.76. The third-order valence-corrected chi connectivity index (χ3v) is 4.11. The van der Waals surface area contributed by atoms with Crippen molar-refractivity contribution >= 4 is 11.8 Å². The predicted molar refractivity (Wildman–Crippen MR) is 78.2 cm³/mol. The van der Waals surface area contributed by atoms with Gasteiger partial charge in [-0.3, -0.25) is 9.59 Å². The van der Waals surface area contributed by atoms with Crippen molar-refractivity contribution < 1.29 is 22.8 Å². The number of rotatable bonds is 4. The number of hydrogen-bond acceptors (Lipinski definition) is 2. The van der Waals surface area contributed by atoms with Crippen molar-refractivity contribution in [2.24, 2.45) is 11.7 Å². The predicted octanol–water partition coefficient (Wildman–Crippen LogP) is 2.36. The Balaban J connectivity index is 2.02. The Morgan fingerprint density at radius 3 is 2.43 bits per heavy atom. The van der Waals surface area contributed by atoms with Gasteiger partial charge >= 0.3 is 6.18 Å². The minimum absolute atomic E-state index is 0.189. The summed E-state index contributed by atoms with van der Waals surface area (Å²) in [5.41, 5.74) is 5.23. The number of halogens is 3. The summed E-state index contributed by atoms with van der Waals surface area (Å²) >= 11 is 0. The molecule has 1 heterocycles. The molecule has 2 unspecified atom stereocenters. The molecular formula is C16H19F3N2O2.